The number of fused-ring (bicyclic) bond motifs is 1. The molecule has 5 heteroatoms. The first-order valence-electron chi connectivity index (χ1n) is 10.3. The number of aryl methyl sites for hydroxylation is 1. The molecule has 1 heterocycles. The lowest BCUT2D eigenvalue weighted by Gasteiger charge is -2.14. The highest BCUT2D eigenvalue weighted by atomic mass is 16.5. The maximum atomic E-state index is 13.1. The Kier molecular flexibility index (Phi) is 6.13. The molecule has 3 aromatic carbocycles. The Balaban J connectivity index is 1.61. The number of para-hydroxylation sites is 2. The standard InChI is InChI=1S/C26H25N3O2/c1-3-19-8-4-6-10-23(19)28-25-16-22(21-9-5-7-11-24(21)29-25)26(30)27-17-18-12-14-20(31-2)15-13-18/h4-16H,3,17H2,1-2H3,(H,27,30)(H,28,29). The molecule has 2 N–H and O–H groups in total. The Morgan fingerprint density at radius 2 is 1.71 bits per heavy atom. The first kappa shape index (κ1) is 20.4. The second-order valence-electron chi connectivity index (χ2n) is 7.24. The van der Waals surface area contributed by atoms with Gasteiger partial charge in [0.05, 0.1) is 18.2 Å². The lowest BCUT2D eigenvalue weighted by molar-refractivity contribution is 0.0952. The summed E-state index contributed by atoms with van der Waals surface area (Å²) in [5.74, 6) is 1.30. The van der Waals surface area contributed by atoms with Crippen molar-refractivity contribution in [2.45, 2.75) is 19.9 Å². The van der Waals surface area contributed by atoms with Gasteiger partial charge in [0.25, 0.3) is 5.91 Å². The molecule has 0 fully saturated rings. The average molecular weight is 412 g/mol. The van der Waals surface area contributed by atoms with Crippen LogP contribution < -0.4 is 15.4 Å². The molecule has 0 bridgehead atoms. The molecule has 0 aliphatic carbocycles. The van der Waals surface area contributed by atoms with Crippen molar-refractivity contribution >= 4 is 28.3 Å². The molecule has 0 spiro atoms. The Morgan fingerprint density at radius 1 is 0.968 bits per heavy atom. The van der Waals surface area contributed by atoms with Crippen LogP contribution in [0.2, 0.25) is 0 Å². The van der Waals surface area contributed by atoms with Crippen molar-refractivity contribution in [3.8, 4) is 5.75 Å². The molecule has 0 aliphatic rings. The zero-order valence-electron chi connectivity index (χ0n) is 17.7. The van der Waals surface area contributed by atoms with Crippen LogP contribution in [0, 0.1) is 0 Å². The number of anilines is 2. The summed E-state index contributed by atoms with van der Waals surface area (Å²) in [6.07, 6.45) is 0.909. The van der Waals surface area contributed by atoms with Crippen LogP contribution in [0.1, 0.15) is 28.4 Å². The maximum Gasteiger partial charge on any atom is 0.252 e. The van der Waals surface area contributed by atoms with E-state index >= 15 is 0 Å². The Bertz CT molecular complexity index is 1200. The molecule has 156 valence electrons. The minimum atomic E-state index is -0.138. The molecule has 5 nitrogen and oxygen atoms in total. The monoisotopic (exact) mass is 411 g/mol. The number of methoxy groups -OCH3 is 1. The topological polar surface area (TPSA) is 63.2 Å². The van der Waals surface area contributed by atoms with Crippen LogP contribution in [-0.4, -0.2) is 18.0 Å². The number of nitrogens with one attached hydrogen (secondary N) is 2. The summed E-state index contributed by atoms with van der Waals surface area (Å²) in [6.45, 7) is 2.55. The smallest absolute Gasteiger partial charge is 0.252 e. The van der Waals surface area contributed by atoms with Gasteiger partial charge in [-0.15, -0.1) is 0 Å². The fourth-order valence-electron chi connectivity index (χ4n) is 3.54. The number of ether oxygens (including phenoxy) is 1. The van der Waals surface area contributed by atoms with Gasteiger partial charge < -0.3 is 15.4 Å². The number of carbonyl (C=O) groups is 1. The van der Waals surface area contributed by atoms with Gasteiger partial charge in [0.15, 0.2) is 0 Å². The highest BCUT2D eigenvalue weighted by Crippen LogP contribution is 2.25. The van der Waals surface area contributed by atoms with E-state index in [1.165, 1.54) is 5.56 Å². The van der Waals surface area contributed by atoms with E-state index in [2.05, 4.69) is 23.6 Å². The summed E-state index contributed by atoms with van der Waals surface area (Å²) in [6, 6.07) is 25.3. The third kappa shape index (κ3) is 4.67. The highest BCUT2D eigenvalue weighted by Gasteiger charge is 2.14. The molecule has 4 rings (SSSR count). The van der Waals surface area contributed by atoms with Gasteiger partial charge >= 0.3 is 0 Å². The molecule has 0 saturated heterocycles. The zero-order valence-corrected chi connectivity index (χ0v) is 17.7. The lowest BCUT2D eigenvalue weighted by Crippen LogP contribution is -2.23. The van der Waals surface area contributed by atoms with Crippen molar-refractivity contribution in [1.82, 2.24) is 10.3 Å². The molecule has 0 atom stereocenters. The number of nitrogens with zero attached hydrogens (tertiary/aromatic N) is 1. The van der Waals surface area contributed by atoms with Gasteiger partial charge in [-0.1, -0.05) is 55.5 Å². The minimum absolute atomic E-state index is 0.138. The van der Waals surface area contributed by atoms with Crippen molar-refractivity contribution in [3.05, 3.63) is 95.6 Å². The molecular weight excluding hydrogens is 386 g/mol. The van der Waals surface area contributed by atoms with E-state index in [9.17, 15) is 4.79 Å². The van der Waals surface area contributed by atoms with Crippen LogP contribution in [0.25, 0.3) is 10.9 Å². The summed E-state index contributed by atoms with van der Waals surface area (Å²) in [5.41, 5.74) is 4.56. The lowest BCUT2D eigenvalue weighted by atomic mass is 10.1. The fraction of sp³-hybridized carbons (Fsp3) is 0.154. The van der Waals surface area contributed by atoms with E-state index in [1.807, 2.05) is 72.8 Å². The predicted octanol–water partition coefficient (Wildman–Crippen LogP) is 5.48. The van der Waals surface area contributed by atoms with Crippen molar-refractivity contribution in [2.24, 2.45) is 0 Å². The third-order valence-corrected chi connectivity index (χ3v) is 5.23. The van der Waals surface area contributed by atoms with Crippen LogP contribution in [0.5, 0.6) is 5.75 Å². The Morgan fingerprint density at radius 3 is 2.48 bits per heavy atom. The summed E-state index contributed by atoms with van der Waals surface area (Å²) in [7, 11) is 1.63. The van der Waals surface area contributed by atoms with Crippen molar-refractivity contribution in [1.29, 1.82) is 0 Å². The number of hydrogen-bond donors (Lipinski definition) is 2. The molecule has 0 aliphatic heterocycles. The molecule has 1 amide bonds. The van der Waals surface area contributed by atoms with E-state index in [4.69, 9.17) is 9.72 Å². The fourth-order valence-corrected chi connectivity index (χ4v) is 3.54. The van der Waals surface area contributed by atoms with Crippen molar-refractivity contribution < 1.29 is 9.53 Å². The first-order valence-corrected chi connectivity index (χ1v) is 10.3. The molecule has 1 aromatic heterocycles. The van der Waals surface area contributed by atoms with E-state index in [-0.39, 0.29) is 5.91 Å². The Hall–Kier alpha value is -3.86. The van der Waals surface area contributed by atoms with Gasteiger partial charge in [-0.25, -0.2) is 4.98 Å². The van der Waals surface area contributed by atoms with Crippen LogP contribution in [0.15, 0.2) is 78.9 Å². The Labute approximate surface area is 182 Å². The third-order valence-electron chi connectivity index (χ3n) is 5.23. The second-order valence-corrected chi connectivity index (χ2v) is 7.24. The number of hydrogen-bond acceptors (Lipinski definition) is 4. The number of carbonyl (C=O) groups excluding carboxylic acids is 1. The van der Waals surface area contributed by atoms with Crippen molar-refractivity contribution in [2.75, 3.05) is 12.4 Å². The van der Waals surface area contributed by atoms with Gasteiger partial charge in [0.1, 0.15) is 11.6 Å². The SMILES string of the molecule is CCc1ccccc1Nc1cc(C(=O)NCc2ccc(OC)cc2)c2ccccc2n1. The number of benzene rings is 3. The number of pyridine rings is 1. The maximum absolute atomic E-state index is 13.1. The summed E-state index contributed by atoms with van der Waals surface area (Å²) >= 11 is 0. The minimum Gasteiger partial charge on any atom is -0.497 e. The molecular formula is C26H25N3O2. The van der Waals surface area contributed by atoms with Gasteiger partial charge in [0, 0.05) is 17.6 Å². The van der Waals surface area contributed by atoms with Crippen LogP contribution in [0.3, 0.4) is 0 Å². The van der Waals surface area contributed by atoms with Gasteiger partial charge in [-0.2, -0.15) is 0 Å². The zero-order chi connectivity index (χ0) is 21.6. The van der Waals surface area contributed by atoms with Gasteiger partial charge in [-0.05, 0) is 47.9 Å². The van der Waals surface area contributed by atoms with E-state index in [0.717, 1.165) is 34.3 Å². The summed E-state index contributed by atoms with van der Waals surface area (Å²) < 4.78 is 5.19. The largest absolute Gasteiger partial charge is 0.497 e. The summed E-state index contributed by atoms with van der Waals surface area (Å²) in [5, 5.41) is 7.24. The van der Waals surface area contributed by atoms with Gasteiger partial charge in [-0.3, -0.25) is 4.79 Å². The quantitative estimate of drug-likeness (QED) is 0.423. The first-order chi connectivity index (χ1) is 15.2. The van der Waals surface area contributed by atoms with E-state index in [1.54, 1.807) is 7.11 Å². The molecule has 0 saturated carbocycles. The molecule has 31 heavy (non-hydrogen) atoms. The van der Waals surface area contributed by atoms with Gasteiger partial charge in [0.2, 0.25) is 0 Å². The number of aromatic nitrogens is 1. The predicted molar refractivity (Wildman–Crippen MR) is 125 cm³/mol. The van der Waals surface area contributed by atoms with Crippen molar-refractivity contribution in [3.63, 3.8) is 0 Å². The molecule has 4 aromatic rings. The van der Waals surface area contributed by atoms with E-state index in [0.29, 0.717) is 17.9 Å². The number of amides is 1. The highest BCUT2D eigenvalue weighted by molar-refractivity contribution is 6.07. The molecule has 0 radical (unpaired) electrons. The number of rotatable bonds is 7. The van der Waals surface area contributed by atoms with Crippen LogP contribution in [0.4, 0.5) is 11.5 Å². The average Bonchev–Trinajstić information content (AvgIpc) is 2.82. The normalized spacial score (nSPS) is 10.6. The summed E-state index contributed by atoms with van der Waals surface area (Å²) in [4.78, 5) is 17.8. The van der Waals surface area contributed by atoms with E-state index < -0.39 is 0 Å². The molecule has 0 unspecified atom stereocenters. The van der Waals surface area contributed by atoms with Crippen LogP contribution >= 0.6 is 0 Å². The van der Waals surface area contributed by atoms with Crippen LogP contribution in [-0.2, 0) is 13.0 Å². The second kappa shape index (κ2) is 9.30.